The van der Waals surface area contributed by atoms with E-state index in [0.29, 0.717) is 19.0 Å². The summed E-state index contributed by atoms with van der Waals surface area (Å²) in [5.41, 5.74) is 2.12. The van der Waals surface area contributed by atoms with Crippen LogP contribution in [-0.2, 0) is 0 Å². The molecule has 2 atom stereocenters. The minimum absolute atomic E-state index is 0.0221. The molecular weight excluding hydrogens is 357 g/mol. The number of anilines is 1. The second-order valence-corrected chi connectivity index (χ2v) is 7.86. The van der Waals surface area contributed by atoms with E-state index >= 15 is 0 Å². The Morgan fingerprint density at radius 3 is 2.54 bits per heavy atom. The van der Waals surface area contributed by atoms with Crippen LogP contribution in [0.15, 0.2) is 36.5 Å². The van der Waals surface area contributed by atoms with Gasteiger partial charge in [-0.25, -0.2) is 19.2 Å². The lowest BCUT2D eigenvalue weighted by molar-refractivity contribution is 0.193. The first-order valence-electron chi connectivity index (χ1n) is 9.90. The number of piperazine rings is 1. The van der Waals surface area contributed by atoms with Gasteiger partial charge in [0.15, 0.2) is 0 Å². The van der Waals surface area contributed by atoms with Crippen molar-refractivity contribution in [2.45, 2.75) is 38.1 Å². The molecule has 0 bridgehead atoms. The summed E-state index contributed by atoms with van der Waals surface area (Å²) in [5.74, 6) is 1.16. The molecule has 1 saturated heterocycles. The van der Waals surface area contributed by atoms with Crippen molar-refractivity contribution in [2.75, 3.05) is 31.1 Å². The molecule has 0 radical (unpaired) electrons. The van der Waals surface area contributed by atoms with Gasteiger partial charge in [0.25, 0.3) is 0 Å². The third kappa shape index (κ3) is 4.08. The molecule has 1 aromatic heterocycles. The molecule has 4 rings (SSSR count). The molecule has 1 aromatic carbocycles. The lowest BCUT2D eigenvalue weighted by atomic mass is 10.1. The van der Waals surface area contributed by atoms with Crippen molar-refractivity contribution in [3.05, 3.63) is 53.6 Å². The summed E-state index contributed by atoms with van der Waals surface area (Å²) in [7, 11) is 0. The molecule has 2 fully saturated rings. The zero-order chi connectivity index (χ0) is 19.7. The Balaban J connectivity index is 1.28. The van der Waals surface area contributed by atoms with E-state index in [1.54, 1.807) is 18.3 Å². The zero-order valence-corrected chi connectivity index (χ0v) is 16.3. The molecule has 0 unspecified atom stereocenters. The standard InChI is InChI=1S/C21H26FN5O/c1-14(2)18-7-8-23-20(24-18)26-9-11-27(12-10-26)21(28)25-19-13-17(19)15-3-5-16(22)6-4-15/h3-8,14,17,19H,9-13H2,1-2H3,(H,25,28)/t17-,19+/m0/s1. The smallest absolute Gasteiger partial charge is 0.317 e. The first-order chi connectivity index (χ1) is 13.5. The summed E-state index contributed by atoms with van der Waals surface area (Å²) in [5, 5.41) is 3.11. The largest absolute Gasteiger partial charge is 0.337 e. The second-order valence-electron chi connectivity index (χ2n) is 7.86. The number of carbonyl (C=O) groups excluding carboxylic acids is 1. The first-order valence-corrected chi connectivity index (χ1v) is 9.90. The fraction of sp³-hybridized carbons (Fsp3) is 0.476. The van der Waals surface area contributed by atoms with Crippen molar-refractivity contribution in [2.24, 2.45) is 0 Å². The van der Waals surface area contributed by atoms with Crippen molar-refractivity contribution in [3.8, 4) is 0 Å². The molecule has 0 spiro atoms. The Morgan fingerprint density at radius 1 is 1.14 bits per heavy atom. The molecule has 148 valence electrons. The monoisotopic (exact) mass is 383 g/mol. The van der Waals surface area contributed by atoms with Gasteiger partial charge in [-0.15, -0.1) is 0 Å². The molecule has 1 saturated carbocycles. The summed E-state index contributed by atoms with van der Waals surface area (Å²) in [6.45, 7) is 6.98. The van der Waals surface area contributed by atoms with Crippen molar-refractivity contribution in [3.63, 3.8) is 0 Å². The van der Waals surface area contributed by atoms with E-state index in [-0.39, 0.29) is 23.8 Å². The highest BCUT2D eigenvalue weighted by atomic mass is 19.1. The molecule has 6 nitrogen and oxygen atoms in total. The molecule has 2 amide bonds. The Kier molecular flexibility index (Phi) is 5.15. The van der Waals surface area contributed by atoms with Crippen LogP contribution in [-0.4, -0.2) is 53.1 Å². The molecule has 28 heavy (non-hydrogen) atoms. The van der Waals surface area contributed by atoms with Crippen LogP contribution in [0.25, 0.3) is 0 Å². The van der Waals surface area contributed by atoms with Crippen LogP contribution in [0, 0.1) is 5.82 Å². The summed E-state index contributed by atoms with van der Waals surface area (Å²) in [4.78, 5) is 25.6. The SMILES string of the molecule is CC(C)c1ccnc(N2CCN(C(=O)N[C@@H]3C[C@H]3c3ccc(F)cc3)CC2)n1. The number of amides is 2. The minimum Gasteiger partial charge on any atom is -0.337 e. The average Bonchev–Trinajstić information content (AvgIpc) is 3.47. The third-order valence-electron chi connectivity index (χ3n) is 5.50. The van der Waals surface area contributed by atoms with Crippen molar-refractivity contribution < 1.29 is 9.18 Å². The second kappa shape index (κ2) is 7.73. The number of urea groups is 1. The molecular formula is C21H26FN5O. The van der Waals surface area contributed by atoms with Crippen LogP contribution >= 0.6 is 0 Å². The maximum absolute atomic E-state index is 13.0. The van der Waals surface area contributed by atoms with Crippen LogP contribution in [0.2, 0.25) is 0 Å². The van der Waals surface area contributed by atoms with E-state index in [9.17, 15) is 9.18 Å². The predicted molar refractivity (Wildman–Crippen MR) is 106 cm³/mol. The normalized spacial score (nSPS) is 21.7. The van der Waals surface area contributed by atoms with E-state index in [1.165, 1.54) is 12.1 Å². The maximum Gasteiger partial charge on any atom is 0.317 e. The number of rotatable bonds is 4. The Morgan fingerprint density at radius 2 is 1.86 bits per heavy atom. The van der Waals surface area contributed by atoms with Gasteiger partial charge < -0.3 is 15.1 Å². The fourth-order valence-corrected chi connectivity index (χ4v) is 3.63. The highest BCUT2D eigenvalue weighted by Gasteiger charge is 2.40. The van der Waals surface area contributed by atoms with Crippen LogP contribution in [0.5, 0.6) is 0 Å². The maximum atomic E-state index is 13.0. The highest BCUT2D eigenvalue weighted by molar-refractivity contribution is 5.75. The Hall–Kier alpha value is -2.70. The van der Waals surface area contributed by atoms with Gasteiger partial charge in [-0.3, -0.25) is 0 Å². The lowest BCUT2D eigenvalue weighted by Gasteiger charge is -2.34. The zero-order valence-electron chi connectivity index (χ0n) is 16.3. The molecule has 7 heteroatoms. The van der Waals surface area contributed by atoms with E-state index < -0.39 is 0 Å². The number of halogens is 1. The van der Waals surface area contributed by atoms with Gasteiger partial charge in [-0.05, 0) is 36.1 Å². The first kappa shape index (κ1) is 18.7. The topological polar surface area (TPSA) is 61.4 Å². The molecule has 1 N–H and O–H groups in total. The molecule has 2 heterocycles. The van der Waals surface area contributed by atoms with Crippen LogP contribution in [0.1, 0.15) is 43.4 Å². The number of nitrogens with one attached hydrogen (secondary N) is 1. The average molecular weight is 383 g/mol. The van der Waals surface area contributed by atoms with Crippen molar-refractivity contribution in [1.29, 1.82) is 0 Å². The molecule has 1 aliphatic carbocycles. The van der Waals surface area contributed by atoms with Crippen molar-refractivity contribution >= 4 is 12.0 Å². The van der Waals surface area contributed by atoms with Crippen LogP contribution in [0.4, 0.5) is 15.1 Å². The Labute approximate surface area is 164 Å². The predicted octanol–water partition coefficient (Wildman–Crippen LogP) is 3.13. The number of aromatic nitrogens is 2. The quantitative estimate of drug-likeness (QED) is 0.881. The van der Waals surface area contributed by atoms with Gasteiger partial charge in [0.2, 0.25) is 5.95 Å². The fourth-order valence-electron chi connectivity index (χ4n) is 3.63. The molecule has 2 aromatic rings. The minimum atomic E-state index is -0.231. The van der Waals surface area contributed by atoms with Gasteiger partial charge in [0.05, 0.1) is 0 Å². The Bertz CT molecular complexity index is 833. The van der Waals surface area contributed by atoms with Crippen LogP contribution < -0.4 is 10.2 Å². The number of benzene rings is 1. The summed E-state index contributed by atoms with van der Waals surface area (Å²) in [6, 6.07) is 8.62. The number of nitrogens with zero attached hydrogens (tertiary/aromatic N) is 4. The van der Waals surface area contributed by atoms with Gasteiger partial charge >= 0.3 is 6.03 Å². The van der Waals surface area contributed by atoms with Crippen molar-refractivity contribution in [1.82, 2.24) is 20.2 Å². The summed E-state index contributed by atoms with van der Waals surface area (Å²) >= 11 is 0. The van der Waals surface area contributed by atoms with E-state index in [4.69, 9.17) is 0 Å². The molecule has 2 aliphatic rings. The molecule has 1 aliphatic heterocycles. The van der Waals surface area contributed by atoms with E-state index in [0.717, 1.165) is 36.7 Å². The summed E-state index contributed by atoms with van der Waals surface area (Å²) < 4.78 is 13.0. The number of hydrogen-bond donors (Lipinski definition) is 1. The van der Waals surface area contributed by atoms with Gasteiger partial charge in [0, 0.05) is 50.0 Å². The van der Waals surface area contributed by atoms with E-state index in [1.807, 2.05) is 11.0 Å². The summed E-state index contributed by atoms with van der Waals surface area (Å²) in [6.07, 6.45) is 2.71. The number of hydrogen-bond acceptors (Lipinski definition) is 4. The van der Waals surface area contributed by atoms with E-state index in [2.05, 4.69) is 34.0 Å². The van der Waals surface area contributed by atoms with Gasteiger partial charge in [-0.1, -0.05) is 26.0 Å². The van der Waals surface area contributed by atoms with Gasteiger partial charge in [-0.2, -0.15) is 0 Å². The highest BCUT2D eigenvalue weighted by Crippen LogP contribution is 2.40. The van der Waals surface area contributed by atoms with Crippen LogP contribution in [0.3, 0.4) is 0 Å². The lowest BCUT2D eigenvalue weighted by Crippen LogP contribution is -2.52. The van der Waals surface area contributed by atoms with Gasteiger partial charge in [0.1, 0.15) is 5.82 Å². The third-order valence-corrected chi connectivity index (χ3v) is 5.50. The number of carbonyl (C=O) groups is 1.